The number of thiophene rings is 1. The van der Waals surface area contributed by atoms with Gasteiger partial charge in [-0.25, -0.2) is 9.97 Å². The zero-order valence-electron chi connectivity index (χ0n) is 10.9. The molecule has 108 valence electrons. The maximum absolute atomic E-state index is 12.6. The van der Waals surface area contributed by atoms with Crippen molar-refractivity contribution in [2.75, 3.05) is 11.1 Å². The Morgan fingerprint density at radius 3 is 2.50 bits per heavy atom. The van der Waals surface area contributed by atoms with Gasteiger partial charge < -0.3 is 11.1 Å². The third kappa shape index (κ3) is 3.38. The second-order valence-electron chi connectivity index (χ2n) is 4.30. The molecule has 2 heterocycles. The summed E-state index contributed by atoms with van der Waals surface area (Å²) in [4.78, 5) is 8.81. The van der Waals surface area contributed by atoms with Crippen LogP contribution in [-0.4, -0.2) is 9.97 Å². The molecule has 0 aliphatic rings. The molecule has 0 amide bonds. The molecule has 2 aromatic heterocycles. The minimum Gasteiger partial charge on any atom is -0.384 e. The number of nitrogens with two attached hydrogens (primary N) is 1. The molecule has 0 bridgehead atoms. The van der Waals surface area contributed by atoms with Gasteiger partial charge in [0.2, 0.25) is 5.82 Å². The van der Waals surface area contributed by atoms with Crippen LogP contribution in [0.3, 0.4) is 0 Å². The van der Waals surface area contributed by atoms with Crippen LogP contribution in [0.15, 0.2) is 12.1 Å². The molecular weight excluding hydrogens is 289 g/mol. The van der Waals surface area contributed by atoms with Crippen molar-refractivity contribution in [3.8, 4) is 0 Å². The molecule has 8 heteroatoms. The van der Waals surface area contributed by atoms with E-state index in [0.29, 0.717) is 6.54 Å². The Morgan fingerprint density at radius 2 is 1.95 bits per heavy atom. The molecule has 0 atom stereocenters. The summed E-state index contributed by atoms with van der Waals surface area (Å²) in [6.07, 6.45) is -4.61. The molecule has 0 saturated carbocycles. The van der Waals surface area contributed by atoms with E-state index in [2.05, 4.69) is 15.3 Å². The molecule has 4 nitrogen and oxygen atoms in total. The summed E-state index contributed by atoms with van der Waals surface area (Å²) in [6, 6.07) is 3.27. The molecule has 0 fully saturated rings. The number of hydrogen-bond donors (Lipinski definition) is 2. The molecule has 0 unspecified atom stereocenters. The predicted octanol–water partition coefficient (Wildman–Crippen LogP) is 3.37. The van der Waals surface area contributed by atoms with Crippen molar-refractivity contribution in [1.82, 2.24) is 9.97 Å². The van der Waals surface area contributed by atoms with Gasteiger partial charge >= 0.3 is 6.18 Å². The van der Waals surface area contributed by atoms with Crippen molar-refractivity contribution in [2.24, 2.45) is 0 Å². The zero-order valence-corrected chi connectivity index (χ0v) is 11.7. The van der Waals surface area contributed by atoms with Gasteiger partial charge in [-0.15, -0.1) is 11.3 Å². The number of hydrogen-bond acceptors (Lipinski definition) is 5. The Hall–Kier alpha value is -1.83. The highest BCUT2D eigenvalue weighted by Gasteiger charge is 2.35. The fourth-order valence-electron chi connectivity index (χ4n) is 1.60. The smallest absolute Gasteiger partial charge is 0.384 e. The summed E-state index contributed by atoms with van der Waals surface area (Å²) in [5.74, 6) is -1.39. The monoisotopic (exact) mass is 302 g/mol. The lowest BCUT2D eigenvalue weighted by Crippen LogP contribution is -2.14. The van der Waals surface area contributed by atoms with Crippen LogP contribution in [0.4, 0.5) is 24.8 Å². The number of aromatic nitrogens is 2. The first kappa shape index (κ1) is 14.6. The second-order valence-corrected chi connectivity index (χ2v) is 5.65. The minimum atomic E-state index is -4.61. The van der Waals surface area contributed by atoms with Gasteiger partial charge in [-0.1, -0.05) is 0 Å². The van der Waals surface area contributed by atoms with Crippen LogP contribution in [0.1, 0.15) is 21.1 Å². The average Bonchev–Trinajstić information content (AvgIpc) is 2.65. The molecule has 0 aliphatic carbocycles. The Morgan fingerprint density at radius 1 is 1.25 bits per heavy atom. The van der Waals surface area contributed by atoms with Crippen molar-refractivity contribution in [3.05, 3.63) is 33.3 Å². The molecular formula is C12H13F3N4S. The van der Waals surface area contributed by atoms with Crippen LogP contribution in [-0.2, 0) is 12.7 Å². The van der Waals surface area contributed by atoms with Crippen LogP contribution in [0.2, 0.25) is 0 Å². The molecule has 20 heavy (non-hydrogen) atoms. The zero-order chi connectivity index (χ0) is 14.9. The maximum Gasteiger partial charge on any atom is 0.451 e. The number of nitrogens with zero attached hydrogens (tertiary/aromatic N) is 2. The molecule has 0 saturated heterocycles. The van der Waals surface area contributed by atoms with Gasteiger partial charge in [0.05, 0.1) is 6.54 Å². The Kier molecular flexibility index (Phi) is 3.85. The number of rotatable bonds is 3. The van der Waals surface area contributed by atoms with Crippen molar-refractivity contribution in [2.45, 2.75) is 26.6 Å². The van der Waals surface area contributed by atoms with Gasteiger partial charge in [0.1, 0.15) is 11.6 Å². The van der Waals surface area contributed by atoms with E-state index in [1.54, 1.807) is 11.3 Å². The molecule has 2 aromatic rings. The summed E-state index contributed by atoms with van der Waals surface area (Å²) in [6.45, 7) is 4.38. The number of aryl methyl sites for hydroxylation is 2. The lowest BCUT2D eigenvalue weighted by Gasteiger charge is -2.09. The Bertz CT molecular complexity index is 602. The van der Waals surface area contributed by atoms with E-state index in [1.807, 2.05) is 19.9 Å². The predicted molar refractivity (Wildman–Crippen MR) is 72.6 cm³/mol. The third-order valence-corrected chi connectivity index (χ3v) is 3.81. The number of anilines is 2. The van der Waals surface area contributed by atoms with Gasteiger partial charge in [-0.2, -0.15) is 13.2 Å². The topological polar surface area (TPSA) is 63.8 Å². The van der Waals surface area contributed by atoms with Crippen LogP contribution in [0, 0.1) is 13.8 Å². The van der Waals surface area contributed by atoms with Crippen LogP contribution < -0.4 is 11.1 Å². The highest BCUT2D eigenvalue weighted by atomic mass is 32.1. The standard InChI is InChI=1S/C12H13F3N4S/c1-6-3-8(20-7(6)2)5-17-10-4-9(16)18-11(19-10)12(13,14)15/h3-4H,5H2,1-2H3,(H3,16,17,18,19). The van der Waals surface area contributed by atoms with Crippen LogP contribution in [0.25, 0.3) is 0 Å². The molecule has 0 radical (unpaired) electrons. The van der Waals surface area contributed by atoms with E-state index < -0.39 is 12.0 Å². The summed E-state index contributed by atoms with van der Waals surface area (Å²) in [5.41, 5.74) is 6.52. The molecule has 2 rings (SSSR count). The Labute approximate surface area is 117 Å². The normalized spacial score (nSPS) is 11.7. The van der Waals surface area contributed by atoms with Gasteiger partial charge in [0, 0.05) is 15.8 Å². The quantitative estimate of drug-likeness (QED) is 0.912. The molecule has 0 aliphatic heterocycles. The van der Waals surface area contributed by atoms with Gasteiger partial charge in [-0.05, 0) is 25.5 Å². The lowest BCUT2D eigenvalue weighted by molar-refractivity contribution is -0.144. The number of nitrogen functional groups attached to an aromatic ring is 1. The average molecular weight is 302 g/mol. The van der Waals surface area contributed by atoms with E-state index in [4.69, 9.17) is 5.73 Å². The first-order chi connectivity index (χ1) is 9.25. The van der Waals surface area contributed by atoms with Gasteiger partial charge in [0.15, 0.2) is 0 Å². The number of halogens is 3. The molecule has 0 spiro atoms. The number of alkyl halides is 3. The van der Waals surface area contributed by atoms with Gasteiger partial charge in [-0.3, -0.25) is 0 Å². The molecule has 3 N–H and O–H groups in total. The maximum atomic E-state index is 12.6. The van der Waals surface area contributed by atoms with Gasteiger partial charge in [0.25, 0.3) is 0 Å². The fourth-order valence-corrected chi connectivity index (χ4v) is 2.59. The first-order valence-corrected chi connectivity index (χ1v) is 6.59. The summed E-state index contributed by atoms with van der Waals surface area (Å²) in [5, 5.41) is 2.83. The van der Waals surface area contributed by atoms with Crippen molar-refractivity contribution in [1.29, 1.82) is 0 Å². The van der Waals surface area contributed by atoms with Crippen LogP contribution in [0.5, 0.6) is 0 Å². The van der Waals surface area contributed by atoms with Crippen molar-refractivity contribution < 1.29 is 13.2 Å². The van der Waals surface area contributed by atoms with E-state index in [0.717, 1.165) is 10.4 Å². The molecule has 0 aromatic carbocycles. The van der Waals surface area contributed by atoms with Crippen molar-refractivity contribution >= 4 is 23.0 Å². The van der Waals surface area contributed by atoms with E-state index >= 15 is 0 Å². The summed E-state index contributed by atoms with van der Waals surface area (Å²) < 4.78 is 37.7. The van der Waals surface area contributed by atoms with E-state index in [-0.39, 0.29) is 11.6 Å². The highest BCUT2D eigenvalue weighted by molar-refractivity contribution is 7.12. The summed E-state index contributed by atoms with van der Waals surface area (Å²) in [7, 11) is 0. The van der Waals surface area contributed by atoms with E-state index in [1.165, 1.54) is 10.9 Å². The fraction of sp³-hybridized carbons (Fsp3) is 0.333. The minimum absolute atomic E-state index is 0.0635. The largest absolute Gasteiger partial charge is 0.451 e. The van der Waals surface area contributed by atoms with Crippen LogP contribution >= 0.6 is 11.3 Å². The highest BCUT2D eigenvalue weighted by Crippen LogP contribution is 2.28. The van der Waals surface area contributed by atoms with Crippen molar-refractivity contribution in [3.63, 3.8) is 0 Å². The third-order valence-electron chi connectivity index (χ3n) is 2.66. The van der Waals surface area contributed by atoms with E-state index in [9.17, 15) is 13.2 Å². The number of nitrogens with one attached hydrogen (secondary N) is 1. The first-order valence-electron chi connectivity index (χ1n) is 5.77. The Balaban J connectivity index is 2.15. The summed E-state index contributed by atoms with van der Waals surface area (Å²) >= 11 is 1.59. The lowest BCUT2D eigenvalue weighted by atomic mass is 10.3. The SMILES string of the molecule is Cc1cc(CNc2cc(N)nc(C(F)(F)F)n2)sc1C. The second kappa shape index (κ2) is 5.28.